The second kappa shape index (κ2) is 9.13. The molecule has 0 spiro atoms. The minimum Gasteiger partial charge on any atom is -0.378 e. The zero-order valence-electron chi connectivity index (χ0n) is 15.8. The average Bonchev–Trinajstić information content (AvgIpc) is 3.13. The van der Waals surface area contributed by atoms with Crippen LogP contribution in [0, 0.1) is 0 Å². The Hall–Kier alpha value is -2.21. The quantitative estimate of drug-likeness (QED) is 0.576. The first-order valence-corrected chi connectivity index (χ1v) is 9.85. The van der Waals surface area contributed by atoms with Gasteiger partial charge < -0.3 is 9.30 Å². The Morgan fingerprint density at radius 3 is 2.33 bits per heavy atom. The molecular weight excluding hydrogens is 336 g/mol. The molecule has 142 valence electrons. The maximum Gasteiger partial charge on any atom is 0.0959 e. The number of benzene rings is 2. The first-order valence-electron chi connectivity index (χ1n) is 9.85. The summed E-state index contributed by atoms with van der Waals surface area (Å²) >= 11 is 0. The van der Waals surface area contributed by atoms with E-state index in [-0.39, 0.29) is 0 Å². The fourth-order valence-electron chi connectivity index (χ4n) is 3.66. The highest BCUT2D eigenvalue weighted by Crippen LogP contribution is 2.11. The van der Waals surface area contributed by atoms with Gasteiger partial charge in [-0.05, 0) is 17.7 Å². The normalized spacial score (nSPS) is 16.1. The number of fused-ring (bicyclic) bond motifs is 1. The van der Waals surface area contributed by atoms with Crippen LogP contribution in [0.25, 0.3) is 11.0 Å². The highest BCUT2D eigenvalue weighted by molar-refractivity contribution is 5.74. The first-order chi connectivity index (χ1) is 13.4. The van der Waals surface area contributed by atoms with Gasteiger partial charge in [-0.1, -0.05) is 42.5 Å². The molecule has 2 heterocycles. The number of ether oxygens (including phenoxy) is 1. The lowest BCUT2D eigenvalue weighted by Crippen LogP contribution is -2.46. The summed E-state index contributed by atoms with van der Waals surface area (Å²) in [7, 11) is 0. The summed E-state index contributed by atoms with van der Waals surface area (Å²) in [5.74, 6) is 0. The second-order valence-electron chi connectivity index (χ2n) is 7.14. The molecule has 0 aliphatic carbocycles. The average molecular weight is 364 g/mol. The number of imidazole rings is 1. The van der Waals surface area contributed by atoms with E-state index < -0.39 is 0 Å². The molecule has 2 aromatic carbocycles. The van der Waals surface area contributed by atoms with E-state index in [9.17, 15) is 0 Å². The van der Waals surface area contributed by atoms with Crippen molar-refractivity contribution in [2.75, 3.05) is 45.9 Å². The van der Waals surface area contributed by atoms with Gasteiger partial charge in [0.1, 0.15) is 0 Å². The molecule has 1 aliphatic rings. The van der Waals surface area contributed by atoms with Gasteiger partial charge in [0, 0.05) is 45.8 Å². The molecule has 0 radical (unpaired) electrons. The van der Waals surface area contributed by atoms with E-state index in [1.807, 2.05) is 18.5 Å². The van der Waals surface area contributed by atoms with Crippen LogP contribution in [0.4, 0.5) is 0 Å². The fraction of sp³-hybridized carbons (Fsp3) is 0.409. The molecule has 5 heteroatoms. The van der Waals surface area contributed by atoms with Gasteiger partial charge in [-0.25, -0.2) is 4.98 Å². The van der Waals surface area contributed by atoms with Gasteiger partial charge in [0.05, 0.1) is 30.6 Å². The van der Waals surface area contributed by atoms with Crippen molar-refractivity contribution in [1.29, 1.82) is 0 Å². The number of rotatable bonds is 8. The molecule has 1 saturated heterocycles. The number of nitrogens with zero attached hydrogens (tertiary/aromatic N) is 4. The molecule has 5 nitrogen and oxygen atoms in total. The zero-order valence-corrected chi connectivity index (χ0v) is 15.8. The van der Waals surface area contributed by atoms with Gasteiger partial charge in [-0.3, -0.25) is 9.80 Å². The molecule has 0 N–H and O–H groups in total. The van der Waals surface area contributed by atoms with E-state index in [0.29, 0.717) is 0 Å². The molecular formula is C22H28N4O. The Balaban J connectivity index is 1.12. The van der Waals surface area contributed by atoms with Crippen molar-refractivity contribution in [2.45, 2.75) is 13.1 Å². The summed E-state index contributed by atoms with van der Waals surface area (Å²) in [6.07, 6.45) is 1.90. The fourth-order valence-corrected chi connectivity index (χ4v) is 3.66. The van der Waals surface area contributed by atoms with Gasteiger partial charge in [0.25, 0.3) is 0 Å². The topological polar surface area (TPSA) is 33.5 Å². The van der Waals surface area contributed by atoms with Crippen molar-refractivity contribution in [3.8, 4) is 0 Å². The molecule has 1 aromatic heterocycles. The van der Waals surface area contributed by atoms with Crippen molar-refractivity contribution in [3.05, 3.63) is 66.5 Å². The monoisotopic (exact) mass is 364 g/mol. The molecule has 0 bridgehead atoms. The number of hydrogen-bond donors (Lipinski definition) is 0. The Morgan fingerprint density at radius 2 is 1.48 bits per heavy atom. The molecule has 3 aromatic rings. The van der Waals surface area contributed by atoms with Crippen LogP contribution in [0.15, 0.2) is 60.9 Å². The van der Waals surface area contributed by atoms with E-state index >= 15 is 0 Å². The van der Waals surface area contributed by atoms with Gasteiger partial charge in [0.2, 0.25) is 0 Å². The van der Waals surface area contributed by atoms with Crippen LogP contribution in [-0.4, -0.2) is 65.3 Å². The van der Waals surface area contributed by atoms with Crippen molar-refractivity contribution in [3.63, 3.8) is 0 Å². The Kier molecular flexibility index (Phi) is 6.14. The minimum atomic E-state index is 0.730. The molecule has 1 aliphatic heterocycles. The van der Waals surface area contributed by atoms with Crippen LogP contribution >= 0.6 is 0 Å². The number of aromatic nitrogens is 2. The molecule has 0 saturated carbocycles. The third kappa shape index (κ3) is 4.95. The second-order valence-corrected chi connectivity index (χ2v) is 7.14. The lowest BCUT2D eigenvalue weighted by atomic mass is 10.2. The van der Waals surface area contributed by atoms with Crippen molar-refractivity contribution >= 4 is 11.0 Å². The third-order valence-corrected chi connectivity index (χ3v) is 5.27. The predicted molar refractivity (Wildman–Crippen MR) is 109 cm³/mol. The maximum atomic E-state index is 5.88. The van der Waals surface area contributed by atoms with Gasteiger partial charge in [-0.15, -0.1) is 0 Å². The number of piperazine rings is 1. The molecule has 0 atom stereocenters. The first kappa shape index (κ1) is 18.2. The van der Waals surface area contributed by atoms with Crippen LogP contribution in [0.5, 0.6) is 0 Å². The zero-order chi connectivity index (χ0) is 18.3. The summed E-state index contributed by atoms with van der Waals surface area (Å²) in [6.45, 7) is 8.98. The predicted octanol–water partition coefficient (Wildman–Crippen LogP) is 2.87. The minimum absolute atomic E-state index is 0.730. The Bertz CT molecular complexity index is 824. The van der Waals surface area contributed by atoms with Crippen LogP contribution in [0.3, 0.4) is 0 Å². The largest absolute Gasteiger partial charge is 0.378 e. The Labute approximate surface area is 161 Å². The van der Waals surface area contributed by atoms with Crippen LogP contribution in [0.2, 0.25) is 0 Å². The molecule has 1 fully saturated rings. The molecule has 0 amide bonds. The van der Waals surface area contributed by atoms with Gasteiger partial charge >= 0.3 is 0 Å². The maximum absolute atomic E-state index is 5.88. The third-order valence-electron chi connectivity index (χ3n) is 5.27. The highest BCUT2D eigenvalue weighted by atomic mass is 16.5. The molecule has 27 heavy (non-hydrogen) atoms. The van der Waals surface area contributed by atoms with Crippen LogP contribution in [0.1, 0.15) is 5.56 Å². The molecule has 4 rings (SSSR count). The summed E-state index contributed by atoms with van der Waals surface area (Å²) in [6, 6.07) is 19.0. The van der Waals surface area contributed by atoms with Crippen LogP contribution in [-0.2, 0) is 17.8 Å². The van der Waals surface area contributed by atoms with E-state index in [4.69, 9.17) is 4.74 Å². The molecule has 0 unspecified atom stereocenters. The van der Waals surface area contributed by atoms with Crippen LogP contribution < -0.4 is 0 Å². The van der Waals surface area contributed by atoms with Crippen molar-refractivity contribution < 1.29 is 4.74 Å². The highest BCUT2D eigenvalue weighted by Gasteiger charge is 2.16. The lowest BCUT2D eigenvalue weighted by Gasteiger charge is -2.34. The van der Waals surface area contributed by atoms with Gasteiger partial charge in [-0.2, -0.15) is 0 Å². The summed E-state index contributed by atoms with van der Waals surface area (Å²) in [4.78, 5) is 9.47. The van der Waals surface area contributed by atoms with Crippen molar-refractivity contribution in [1.82, 2.24) is 19.4 Å². The van der Waals surface area contributed by atoms with Gasteiger partial charge in [0.15, 0.2) is 0 Å². The van der Waals surface area contributed by atoms with E-state index in [0.717, 1.165) is 64.5 Å². The van der Waals surface area contributed by atoms with E-state index in [2.05, 4.69) is 61.8 Å². The smallest absolute Gasteiger partial charge is 0.0959 e. The standard InChI is InChI=1S/C22H28N4O/c1-2-6-20(7-3-1)18-25-12-10-24(11-13-25)14-16-27-17-15-26-19-23-21-8-4-5-9-22(21)26/h1-9,19H,10-18H2. The number of hydrogen-bond acceptors (Lipinski definition) is 4. The SMILES string of the molecule is c1ccc(CN2CCN(CCOCCn3cnc4ccccc43)CC2)cc1. The van der Waals surface area contributed by atoms with Crippen molar-refractivity contribution in [2.24, 2.45) is 0 Å². The summed E-state index contributed by atoms with van der Waals surface area (Å²) in [5, 5.41) is 0. The summed E-state index contributed by atoms with van der Waals surface area (Å²) < 4.78 is 8.04. The van der Waals surface area contributed by atoms with E-state index in [1.54, 1.807) is 0 Å². The summed E-state index contributed by atoms with van der Waals surface area (Å²) in [5.41, 5.74) is 3.63. The lowest BCUT2D eigenvalue weighted by molar-refractivity contribution is 0.0707. The number of para-hydroxylation sites is 2. The van der Waals surface area contributed by atoms with E-state index in [1.165, 1.54) is 11.1 Å². The Morgan fingerprint density at radius 1 is 0.778 bits per heavy atom.